The molecule has 1 amide bonds. The molecule has 0 aliphatic carbocycles. The molecule has 0 fully saturated rings. The quantitative estimate of drug-likeness (QED) is 0.678. The zero-order valence-electron chi connectivity index (χ0n) is 13.8. The van der Waals surface area contributed by atoms with Crippen LogP contribution in [0.25, 0.3) is 0 Å². The van der Waals surface area contributed by atoms with Crippen molar-refractivity contribution in [2.24, 2.45) is 0 Å². The summed E-state index contributed by atoms with van der Waals surface area (Å²) in [6, 6.07) is 8.64. The minimum absolute atomic E-state index is 0.184. The highest BCUT2D eigenvalue weighted by molar-refractivity contribution is 6.03. The molecule has 3 N–H and O–H groups in total. The van der Waals surface area contributed by atoms with Gasteiger partial charge in [-0.05, 0) is 30.3 Å². The molecule has 1 heterocycles. The molecule has 0 saturated carbocycles. The molecule has 0 radical (unpaired) electrons. The van der Waals surface area contributed by atoms with Crippen LogP contribution in [0.15, 0.2) is 42.7 Å². The lowest BCUT2D eigenvalue weighted by atomic mass is 10.2. The molecule has 1 unspecified atom stereocenters. The van der Waals surface area contributed by atoms with Crippen molar-refractivity contribution in [3.8, 4) is 5.75 Å². The summed E-state index contributed by atoms with van der Waals surface area (Å²) in [5.41, 5.74) is 0.469. The number of aliphatic hydroxyl groups is 1. The molecule has 7 nitrogen and oxygen atoms in total. The molecule has 0 saturated heterocycles. The number of nitrogens with zero attached hydrogens (tertiary/aromatic N) is 2. The third-order valence-corrected chi connectivity index (χ3v) is 3.11. The predicted molar refractivity (Wildman–Crippen MR) is 91.1 cm³/mol. The minimum Gasteiger partial charge on any atom is -0.491 e. The Hall–Kier alpha value is -2.51. The molecule has 0 spiro atoms. The van der Waals surface area contributed by atoms with Crippen molar-refractivity contribution in [3.05, 3.63) is 48.3 Å². The maximum absolute atomic E-state index is 12.1. The SMILES string of the molecule is CC(C)NCC(O)COc1ccc(C(=O)Nc2ncccn2)cc1. The number of aliphatic hydroxyl groups excluding tert-OH is 1. The summed E-state index contributed by atoms with van der Waals surface area (Å²) in [5, 5.41) is 15.5. The van der Waals surface area contributed by atoms with Crippen molar-refractivity contribution in [2.75, 3.05) is 18.5 Å². The Kier molecular flexibility index (Phi) is 6.65. The average molecular weight is 330 g/mol. The highest BCUT2D eigenvalue weighted by atomic mass is 16.5. The summed E-state index contributed by atoms with van der Waals surface area (Å²) in [5.74, 6) is 0.545. The zero-order valence-corrected chi connectivity index (χ0v) is 13.8. The largest absolute Gasteiger partial charge is 0.491 e. The first kappa shape index (κ1) is 17.8. The van der Waals surface area contributed by atoms with Crippen LogP contribution in [0.3, 0.4) is 0 Å². The van der Waals surface area contributed by atoms with Gasteiger partial charge in [0.2, 0.25) is 5.95 Å². The first-order chi connectivity index (χ1) is 11.5. The Morgan fingerprint density at radius 3 is 2.50 bits per heavy atom. The molecule has 2 aromatic rings. The number of rotatable bonds is 8. The van der Waals surface area contributed by atoms with E-state index in [1.807, 2.05) is 13.8 Å². The average Bonchev–Trinajstić information content (AvgIpc) is 2.59. The van der Waals surface area contributed by atoms with Crippen LogP contribution in [0.1, 0.15) is 24.2 Å². The number of amides is 1. The summed E-state index contributed by atoms with van der Waals surface area (Å²) >= 11 is 0. The molecule has 128 valence electrons. The maximum atomic E-state index is 12.1. The van der Waals surface area contributed by atoms with Crippen LogP contribution in [-0.4, -0.2) is 46.3 Å². The maximum Gasteiger partial charge on any atom is 0.258 e. The zero-order chi connectivity index (χ0) is 17.4. The van der Waals surface area contributed by atoms with E-state index in [1.54, 1.807) is 42.7 Å². The van der Waals surface area contributed by atoms with Gasteiger partial charge in [-0.25, -0.2) is 9.97 Å². The summed E-state index contributed by atoms with van der Waals surface area (Å²) in [6.07, 6.45) is 2.52. The van der Waals surface area contributed by atoms with Gasteiger partial charge in [0.25, 0.3) is 5.91 Å². The second kappa shape index (κ2) is 8.95. The molecule has 7 heteroatoms. The second-order valence-electron chi connectivity index (χ2n) is 5.58. The van der Waals surface area contributed by atoms with Gasteiger partial charge in [-0.2, -0.15) is 0 Å². The molecule has 24 heavy (non-hydrogen) atoms. The first-order valence-electron chi connectivity index (χ1n) is 7.77. The number of hydrogen-bond donors (Lipinski definition) is 3. The Morgan fingerprint density at radius 2 is 1.88 bits per heavy atom. The molecular formula is C17H22N4O3. The number of ether oxygens (including phenoxy) is 1. The molecule has 1 aromatic heterocycles. The fourth-order valence-electron chi connectivity index (χ4n) is 1.86. The van der Waals surface area contributed by atoms with Crippen molar-refractivity contribution in [3.63, 3.8) is 0 Å². The molecule has 0 aliphatic heterocycles. The van der Waals surface area contributed by atoms with Crippen molar-refractivity contribution in [2.45, 2.75) is 26.0 Å². The Labute approximate surface area is 141 Å². The van der Waals surface area contributed by atoms with E-state index >= 15 is 0 Å². The number of hydrogen-bond acceptors (Lipinski definition) is 6. The van der Waals surface area contributed by atoms with Gasteiger partial charge in [0.1, 0.15) is 18.5 Å². The predicted octanol–water partition coefficient (Wildman–Crippen LogP) is 1.47. The number of aromatic nitrogens is 2. The summed E-state index contributed by atoms with van der Waals surface area (Å²) in [4.78, 5) is 19.9. The highest BCUT2D eigenvalue weighted by Crippen LogP contribution is 2.13. The Morgan fingerprint density at radius 1 is 1.21 bits per heavy atom. The summed E-state index contributed by atoms with van der Waals surface area (Å²) < 4.78 is 5.51. The third kappa shape index (κ3) is 5.94. The van der Waals surface area contributed by atoms with Gasteiger partial charge in [-0.3, -0.25) is 10.1 Å². The lowest BCUT2D eigenvalue weighted by Crippen LogP contribution is -2.35. The number of nitrogens with one attached hydrogen (secondary N) is 2. The second-order valence-corrected chi connectivity index (χ2v) is 5.58. The first-order valence-corrected chi connectivity index (χ1v) is 7.77. The molecule has 0 aliphatic rings. The van der Waals surface area contributed by atoms with Crippen LogP contribution in [0, 0.1) is 0 Å². The molecule has 1 atom stereocenters. The molecule has 1 aromatic carbocycles. The fraction of sp³-hybridized carbons (Fsp3) is 0.353. The van der Waals surface area contributed by atoms with E-state index in [-0.39, 0.29) is 18.5 Å². The van der Waals surface area contributed by atoms with E-state index in [9.17, 15) is 9.90 Å². The minimum atomic E-state index is -0.592. The summed E-state index contributed by atoms with van der Waals surface area (Å²) in [6.45, 7) is 4.67. The van der Waals surface area contributed by atoms with Crippen molar-refractivity contribution >= 4 is 11.9 Å². The monoisotopic (exact) mass is 330 g/mol. The van der Waals surface area contributed by atoms with E-state index in [0.29, 0.717) is 23.9 Å². The van der Waals surface area contributed by atoms with Gasteiger partial charge < -0.3 is 15.2 Å². The van der Waals surface area contributed by atoms with Gasteiger partial charge in [0, 0.05) is 30.5 Å². The van der Waals surface area contributed by atoms with Crippen LogP contribution in [0.4, 0.5) is 5.95 Å². The van der Waals surface area contributed by atoms with Crippen LogP contribution >= 0.6 is 0 Å². The third-order valence-electron chi connectivity index (χ3n) is 3.11. The molecule has 0 bridgehead atoms. The van der Waals surface area contributed by atoms with Crippen LogP contribution < -0.4 is 15.4 Å². The smallest absolute Gasteiger partial charge is 0.258 e. The van der Waals surface area contributed by atoms with Crippen LogP contribution in [0.2, 0.25) is 0 Å². The van der Waals surface area contributed by atoms with Crippen LogP contribution in [-0.2, 0) is 0 Å². The number of benzene rings is 1. The van der Waals surface area contributed by atoms with Gasteiger partial charge in [0.05, 0.1) is 0 Å². The van der Waals surface area contributed by atoms with Crippen molar-refractivity contribution < 1.29 is 14.6 Å². The molecular weight excluding hydrogens is 308 g/mol. The topological polar surface area (TPSA) is 96.4 Å². The lowest BCUT2D eigenvalue weighted by Gasteiger charge is -2.15. The molecule has 2 rings (SSSR count). The van der Waals surface area contributed by atoms with Gasteiger partial charge in [-0.1, -0.05) is 13.8 Å². The standard InChI is InChI=1S/C17H22N4O3/c1-12(2)20-10-14(22)11-24-15-6-4-13(5-7-15)16(23)21-17-18-8-3-9-19-17/h3-9,12,14,20,22H,10-11H2,1-2H3,(H,18,19,21,23). The summed E-state index contributed by atoms with van der Waals surface area (Å²) in [7, 11) is 0. The van der Waals surface area contributed by atoms with Crippen molar-refractivity contribution in [1.82, 2.24) is 15.3 Å². The highest BCUT2D eigenvalue weighted by Gasteiger charge is 2.09. The van der Waals surface area contributed by atoms with E-state index in [4.69, 9.17) is 4.74 Å². The van der Waals surface area contributed by atoms with E-state index < -0.39 is 6.10 Å². The lowest BCUT2D eigenvalue weighted by molar-refractivity contribution is 0.102. The van der Waals surface area contributed by atoms with Crippen LogP contribution in [0.5, 0.6) is 5.75 Å². The van der Waals surface area contributed by atoms with Gasteiger partial charge in [-0.15, -0.1) is 0 Å². The normalized spacial score (nSPS) is 12.0. The number of carbonyl (C=O) groups is 1. The Balaban J connectivity index is 1.83. The number of carbonyl (C=O) groups excluding carboxylic acids is 1. The van der Waals surface area contributed by atoms with Crippen molar-refractivity contribution in [1.29, 1.82) is 0 Å². The van der Waals surface area contributed by atoms with E-state index in [2.05, 4.69) is 20.6 Å². The van der Waals surface area contributed by atoms with E-state index in [1.165, 1.54) is 0 Å². The van der Waals surface area contributed by atoms with Gasteiger partial charge in [0.15, 0.2) is 0 Å². The Bertz CT molecular complexity index is 632. The fourth-order valence-corrected chi connectivity index (χ4v) is 1.86. The van der Waals surface area contributed by atoms with E-state index in [0.717, 1.165) is 0 Å². The van der Waals surface area contributed by atoms with Gasteiger partial charge >= 0.3 is 0 Å². The number of anilines is 1.